The molecule has 1 aliphatic heterocycles. The smallest absolute Gasteiger partial charge is 0.308 e. The van der Waals surface area contributed by atoms with Crippen LogP contribution in [0.25, 0.3) is 0 Å². The number of rotatable bonds is 2. The van der Waals surface area contributed by atoms with E-state index < -0.39 is 11.9 Å². The molecule has 1 aromatic rings. The second-order valence-corrected chi connectivity index (χ2v) is 4.66. The summed E-state index contributed by atoms with van der Waals surface area (Å²) in [7, 11) is 0. The van der Waals surface area contributed by atoms with E-state index in [1.807, 2.05) is 0 Å². The molecule has 2 rings (SSSR count). The molecule has 6 heteroatoms. The quantitative estimate of drug-likeness (QED) is 0.829. The van der Waals surface area contributed by atoms with Crippen LogP contribution in [0.5, 0.6) is 0 Å². The van der Waals surface area contributed by atoms with Gasteiger partial charge in [0.2, 0.25) is 0 Å². The molecule has 0 unspecified atom stereocenters. The second-order valence-electron chi connectivity index (χ2n) is 4.27. The number of pyridine rings is 1. The maximum atomic E-state index is 12.1. The van der Waals surface area contributed by atoms with Crippen molar-refractivity contribution in [2.75, 3.05) is 13.1 Å². The van der Waals surface area contributed by atoms with E-state index in [4.69, 9.17) is 16.7 Å². The Morgan fingerprint density at radius 3 is 2.89 bits per heavy atom. The maximum Gasteiger partial charge on any atom is 0.308 e. The molecule has 0 saturated carbocycles. The Kier molecular flexibility index (Phi) is 3.81. The largest absolute Gasteiger partial charge is 0.481 e. The van der Waals surface area contributed by atoms with Gasteiger partial charge in [0.1, 0.15) is 10.8 Å². The lowest BCUT2D eigenvalue weighted by molar-refractivity contribution is -0.143. The molecule has 1 aliphatic rings. The predicted molar refractivity (Wildman–Crippen MR) is 65.5 cm³/mol. The van der Waals surface area contributed by atoms with Crippen molar-refractivity contribution in [3.63, 3.8) is 0 Å². The molecule has 0 spiro atoms. The number of hydrogen-bond donors (Lipinski definition) is 1. The van der Waals surface area contributed by atoms with Gasteiger partial charge in [0.05, 0.1) is 5.92 Å². The summed E-state index contributed by atoms with van der Waals surface area (Å²) in [6, 6.07) is 4.83. The van der Waals surface area contributed by atoms with Crippen LogP contribution in [0.3, 0.4) is 0 Å². The van der Waals surface area contributed by atoms with Crippen molar-refractivity contribution in [1.82, 2.24) is 9.88 Å². The molecule has 1 amide bonds. The van der Waals surface area contributed by atoms with E-state index >= 15 is 0 Å². The van der Waals surface area contributed by atoms with Gasteiger partial charge in [-0.3, -0.25) is 9.59 Å². The minimum absolute atomic E-state index is 0.238. The Balaban J connectivity index is 2.11. The van der Waals surface area contributed by atoms with E-state index in [-0.39, 0.29) is 23.3 Å². The average molecular weight is 269 g/mol. The maximum absolute atomic E-state index is 12.1. The van der Waals surface area contributed by atoms with Crippen molar-refractivity contribution in [3.05, 3.63) is 29.0 Å². The third-order valence-corrected chi connectivity index (χ3v) is 3.20. The Labute approximate surface area is 109 Å². The van der Waals surface area contributed by atoms with Crippen LogP contribution in [-0.4, -0.2) is 40.0 Å². The number of aliphatic carboxylic acids is 1. The lowest BCUT2D eigenvalue weighted by Gasteiger charge is -2.30. The summed E-state index contributed by atoms with van der Waals surface area (Å²) in [5.41, 5.74) is 0.258. The fourth-order valence-corrected chi connectivity index (χ4v) is 2.22. The number of piperidine rings is 1. The molecule has 0 bridgehead atoms. The van der Waals surface area contributed by atoms with E-state index in [1.54, 1.807) is 18.2 Å². The third-order valence-electron chi connectivity index (χ3n) is 2.99. The summed E-state index contributed by atoms with van der Waals surface area (Å²) in [5, 5.41) is 9.23. The standard InChI is InChI=1S/C12H13ClN2O3/c13-10-5-1-4-9(14-10)11(16)15-6-2-3-8(7-15)12(17)18/h1,4-5,8H,2-3,6-7H2,(H,17,18)/t8-/m1/s1. The second kappa shape index (κ2) is 5.35. The number of carbonyl (C=O) groups is 2. The van der Waals surface area contributed by atoms with Gasteiger partial charge in [0, 0.05) is 13.1 Å². The summed E-state index contributed by atoms with van der Waals surface area (Å²) in [6.07, 6.45) is 1.31. The first-order valence-corrected chi connectivity index (χ1v) is 6.10. The minimum atomic E-state index is -0.855. The number of hydrogen-bond acceptors (Lipinski definition) is 3. The molecule has 1 aromatic heterocycles. The highest BCUT2D eigenvalue weighted by Crippen LogP contribution is 2.18. The van der Waals surface area contributed by atoms with Crippen LogP contribution in [0.2, 0.25) is 5.15 Å². The highest BCUT2D eigenvalue weighted by atomic mass is 35.5. The minimum Gasteiger partial charge on any atom is -0.481 e. The topological polar surface area (TPSA) is 70.5 Å². The molecule has 1 atom stereocenters. The van der Waals surface area contributed by atoms with Crippen LogP contribution in [0.1, 0.15) is 23.3 Å². The molecule has 0 radical (unpaired) electrons. The first-order valence-electron chi connectivity index (χ1n) is 5.72. The van der Waals surface area contributed by atoms with Crippen LogP contribution >= 0.6 is 11.6 Å². The van der Waals surface area contributed by atoms with Gasteiger partial charge in [-0.2, -0.15) is 0 Å². The Morgan fingerprint density at radius 2 is 2.22 bits per heavy atom. The molecule has 0 aromatic carbocycles. The van der Waals surface area contributed by atoms with Crippen LogP contribution in [0, 0.1) is 5.92 Å². The zero-order valence-electron chi connectivity index (χ0n) is 9.67. The zero-order valence-corrected chi connectivity index (χ0v) is 10.4. The molecule has 2 heterocycles. The summed E-state index contributed by atoms with van der Waals surface area (Å²) < 4.78 is 0. The Bertz CT molecular complexity index is 478. The van der Waals surface area contributed by atoms with Crippen molar-refractivity contribution < 1.29 is 14.7 Å². The first kappa shape index (κ1) is 12.8. The van der Waals surface area contributed by atoms with Gasteiger partial charge in [-0.25, -0.2) is 4.98 Å². The summed E-state index contributed by atoms with van der Waals surface area (Å²) in [4.78, 5) is 28.5. The number of aromatic nitrogens is 1. The highest BCUT2D eigenvalue weighted by molar-refractivity contribution is 6.29. The van der Waals surface area contributed by atoms with Gasteiger partial charge in [0.25, 0.3) is 5.91 Å². The van der Waals surface area contributed by atoms with Gasteiger partial charge < -0.3 is 10.0 Å². The first-order chi connectivity index (χ1) is 8.58. The van der Waals surface area contributed by atoms with Gasteiger partial charge in [-0.1, -0.05) is 17.7 Å². The number of likely N-dealkylation sites (tertiary alicyclic amines) is 1. The molecule has 18 heavy (non-hydrogen) atoms. The van der Waals surface area contributed by atoms with E-state index in [1.165, 1.54) is 4.90 Å². The van der Waals surface area contributed by atoms with Crippen LogP contribution in [0.4, 0.5) is 0 Å². The summed E-state index contributed by atoms with van der Waals surface area (Å²) in [5.74, 6) is -1.60. The molecule has 1 N–H and O–H groups in total. The van der Waals surface area contributed by atoms with Gasteiger partial charge in [-0.15, -0.1) is 0 Å². The van der Waals surface area contributed by atoms with Crippen molar-refractivity contribution in [3.8, 4) is 0 Å². The SMILES string of the molecule is O=C(O)[C@@H]1CCCN(C(=O)c2cccc(Cl)n2)C1. The van der Waals surface area contributed by atoms with Crippen LogP contribution < -0.4 is 0 Å². The van der Waals surface area contributed by atoms with Gasteiger partial charge in [-0.05, 0) is 25.0 Å². The van der Waals surface area contributed by atoms with Gasteiger partial charge in [0.15, 0.2) is 0 Å². The average Bonchev–Trinajstić information content (AvgIpc) is 2.38. The molecule has 96 valence electrons. The van der Waals surface area contributed by atoms with Crippen LogP contribution in [-0.2, 0) is 4.79 Å². The van der Waals surface area contributed by atoms with E-state index in [0.717, 1.165) is 0 Å². The normalized spacial score (nSPS) is 19.6. The lowest BCUT2D eigenvalue weighted by atomic mass is 9.98. The monoisotopic (exact) mass is 268 g/mol. The zero-order chi connectivity index (χ0) is 13.1. The van der Waals surface area contributed by atoms with Crippen molar-refractivity contribution in [2.45, 2.75) is 12.8 Å². The predicted octanol–water partition coefficient (Wildman–Crippen LogP) is 1.67. The summed E-state index contributed by atoms with van der Waals surface area (Å²) >= 11 is 5.73. The Morgan fingerprint density at radius 1 is 1.44 bits per heavy atom. The third kappa shape index (κ3) is 2.79. The summed E-state index contributed by atoms with van der Waals surface area (Å²) in [6.45, 7) is 0.805. The number of halogens is 1. The van der Waals surface area contributed by atoms with E-state index in [2.05, 4.69) is 4.98 Å². The molecule has 1 fully saturated rings. The highest BCUT2D eigenvalue weighted by Gasteiger charge is 2.29. The number of nitrogens with zero attached hydrogens (tertiary/aromatic N) is 2. The molecule has 1 saturated heterocycles. The lowest BCUT2D eigenvalue weighted by Crippen LogP contribution is -2.42. The Hall–Kier alpha value is -1.62. The van der Waals surface area contributed by atoms with E-state index in [9.17, 15) is 9.59 Å². The molecular formula is C12H13ClN2O3. The van der Waals surface area contributed by atoms with Crippen molar-refractivity contribution in [2.24, 2.45) is 5.92 Å². The number of carboxylic acids is 1. The van der Waals surface area contributed by atoms with Crippen molar-refractivity contribution in [1.29, 1.82) is 0 Å². The molecule has 0 aliphatic carbocycles. The van der Waals surface area contributed by atoms with Gasteiger partial charge >= 0.3 is 5.97 Å². The number of amides is 1. The fraction of sp³-hybridized carbons (Fsp3) is 0.417. The molecular weight excluding hydrogens is 256 g/mol. The van der Waals surface area contributed by atoms with E-state index in [0.29, 0.717) is 19.4 Å². The number of carbonyl (C=O) groups excluding carboxylic acids is 1. The molecule has 5 nitrogen and oxygen atoms in total. The van der Waals surface area contributed by atoms with Crippen molar-refractivity contribution >= 4 is 23.5 Å². The fourth-order valence-electron chi connectivity index (χ4n) is 2.05. The number of carboxylic acid groups (broad SMARTS) is 1. The van der Waals surface area contributed by atoms with Crippen LogP contribution in [0.15, 0.2) is 18.2 Å².